The zero-order valence-electron chi connectivity index (χ0n) is 15.5. The second-order valence-electron chi connectivity index (χ2n) is 6.93. The van der Waals surface area contributed by atoms with Crippen LogP contribution in [0.5, 0.6) is 11.5 Å². The van der Waals surface area contributed by atoms with Crippen molar-refractivity contribution in [2.45, 2.75) is 32.6 Å². The first kappa shape index (κ1) is 17.8. The molecule has 0 fully saturated rings. The lowest BCUT2D eigenvalue weighted by Crippen LogP contribution is -2.21. The molecule has 3 aromatic rings. The van der Waals surface area contributed by atoms with Gasteiger partial charge in [0.2, 0.25) is 6.79 Å². The van der Waals surface area contributed by atoms with Crippen molar-refractivity contribution in [1.82, 2.24) is 9.66 Å². The van der Waals surface area contributed by atoms with E-state index in [2.05, 4.69) is 10.1 Å². The number of aryl methyl sites for hydroxylation is 3. The van der Waals surface area contributed by atoms with Crippen LogP contribution in [0.15, 0.2) is 22.0 Å². The van der Waals surface area contributed by atoms with Crippen molar-refractivity contribution in [3.8, 4) is 11.5 Å². The van der Waals surface area contributed by atoms with Crippen LogP contribution < -0.4 is 15.0 Å². The number of nitro benzene ring substituents is 1. The summed E-state index contributed by atoms with van der Waals surface area (Å²) in [7, 11) is 0. The molecular formula is C19H16N4O5S. The molecule has 2 aliphatic rings. The van der Waals surface area contributed by atoms with Crippen molar-refractivity contribution in [2.75, 3.05) is 6.79 Å². The molecule has 0 atom stereocenters. The summed E-state index contributed by atoms with van der Waals surface area (Å²) < 4.78 is 11.7. The normalized spacial score (nSPS) is 15.2. The van der Waals surface area contributed by atoms with E-state index in [9.17, 15) is 14.9 Å². The zero-order chi connectivity index (χ0) is 20.1. The SMILES string of the molecule is Cc1nc2sc3c(c2c(=O)n1/N=C\c1cc2c(cc1[N+](=O)[O-])OCO2)CCCC3. The molecule has 0 bridgehead atoms. The molecule has 10 heteroatoms. The van der Waals surface area contributed by atoms with Gasteiger partial charge in [0.1, 0.15) is 10.7 Å². The number of ether oxygens (including phenoxy) is 2. The molecule has 0 saturated carbocycles. The molecule has 0 N–H and O–H groups in total. The molecule has 5 rings (SSSR count). The van der Waals surface area contributed by atoms with Crippen LogP contribution in [0.4, 0.5) is 5.69 Å². The Bertz CT molecular complexity index is 1260. The standard InChI is InChI=1S/C19H16N4O5S/c1-10-21-18-17(12-4-2-3-5-16(12)29-18)19(24)22(10)20-8-11-6-14-15(28-9-27-14)7-13(11)23(25)26/h6-8H,2-5,9H2,1H3/b20-8-. The highest BCUT2D eigenvalue weighted by Gasteiger charge is 2.23. The Morgan fingerprint density at radius 1 is 1.28 bits per heavy atom. The van der Waals surface area contributed by atoms with Gasteiger partial charge in [0.25, 0.3) is 11.2 Å². The van der Waals surface area contributed by atoms with Crippen molar-refractivity contribution >= 4 is 33.5 Å². The van der Waals surface area contributed by atoms with Crippen LogP contribution in [0, 0.1) is 17.0 Å². The molecule has 148 valence electrons. The summed E-state index contributed by atoms with van der Waals surface area (Å²) in [6.45, 7) is 1.71. The number of hydrogen-bond acceptors (Lipinski definition) is 8. The monoisotopic (exact) mass is 412 g/mol. The highest BCUT2D eigenvalue weighted by Crippen LogP contribution is 2.37. The van der Waals surface area contributed by atoms with Crippen LogP contribution >= 0.6 is 11.3 Å². The summed E-state index contributed by atoms with van der Waals surface area (Å²) in [4.78, 5) is 30.6. The van der Waals surface area contributed by atoms with Gasteiger partial charge in [-0.3, -0.25) is 14.9 Å². The van der Waals surface area contributed by atoms with Gasteiger partial charge < -0.3 is 9.47 Å². The summed E-state index contributed by atoms with van der Waals surface area (Å²) >= 11 is 1.58. The second-order valence-corrected chi connectivity index (χ2v) is 8.02. The molecule has 3 heterocycles. The van der Waals surface area contributed by atoms with Crippen molar-refractivity contribution in [2.24, 2.45) is 5.10 Å². The van der Waals surface area contributed by atoms with E-state index in [0.717, 1.165) is 36.1 Å². The highest BCUT2D eigenvalue weighted by molar-refractivity contribution is 7.18. The molecule has 0 amide bonds. The number of benzene rings is 1. The van der Waals surface area contributed by atoms with Crippen LogP contribution in [0.1, 0.15) is 34.7 Å². The molecule has 0 saturated heterocycles. The van der Waals surface area contributed by atoms with E-state index in [1.54, 1.807) is 18.3 Å². The maximum Gasteiger partial charge on any atom is 0.283 e. The summed E-state index contributed by atoms with van der Waals surface area (Å²) in [5.74, 6) is 1.15. The summed E-state index contributed by atoms with van der Waals surface area (Å²) in [6.07, 6.45) is 5.31. The minimum absolute atomic E-state index is 0.00943. The Kier molecular flexibility index (Phi) is 4.09. The lowest BCUT2D eigenvalue weighted by atomic mass is 9.97. The zero-order valence-corrected chi connectivity index (χ0v) is 16.3. The van der Waals surface area contributed by atoms with Gasteiger partial charge in [-0.25, -0.2) is 4.98 Å². The number of nitrogens with zero attached hydrogens (tertiary/aromatic N) is 4. The van der Waals surface area contributed by atoms with Gasteiger partial charge in [-0.1, -0.05) is 0 Å². The molecule has 1 aromatic carbocycles. The van der Waals surface area contributed by atoms with Gasteiger partial charge in [0.05, 0.1) is 28.2 Å². The molecular weight excluding hydrogens is 396 g/mol. The molecule has 1 aliphatic carbocycles. The van der Waals surface area contributed by atoms with Crippen molar-refractivity contribution in [1.29, 1.82) is 0 Å². The number of aromatic nitrogens is 2. The smallest absolute Gasteiger partial charge is 0.283 e. The van der Waals surface area contributed by atoms with Gasteiger partial charge in [0, 0.05) is 4.88 Å². The van der Waals surface area contributed by atoms with Gasteiger partial charge in [-0.15, -0.1) is 11.3 Å². The van der Waals surface area contributed by atoms with Gasteiger partial charge in [-0.2, -0.15) is 9.78 Å². The average Bonchev–Trinajstić information content (AvgIpc) is 3.30. The summed E-state index contributed by atoms with van der Waals surface area (Å²) in [5.41, 5.74) is 0.877. The van der Waals surface area contributed by atoms with Gasteiger partial charge in [-0.05, 0) is 44.2 Å². The Morgan fingerprint density at radius 3 is 2.83 bits per heavy atom. The first-order valence-electron chi connectivity index (χ1n) is 9.19. The predicted molar refractivity (Wildman–Crippen MR) is 107 cm³/mol. The Hall–Kier alpha value is -3.27. The van der Waals surface area contributed by atoms with E-state index in [4.69, 9.17) is 9.47 Å². The minimum Gasteiger partial charge on any atom is -0.454 e. The fraction of sp³-hybridized carbons (Fsp3) is 0.316. The van der Waals surface area contributed by atoms with E-state index in [1.165, 1.54) is 27.9 Å². The van der Waals surface area contributed by atoms with Crippen molar-refractivity contribution < 1.29 is 14.4 Å². The van der Waals surface area contributed by atoms with Crippen LogP contribution in [-0.2, 0) is 12.8 Å². The third-order valence-electron chi connectivity index (χ3n) is 5.16. The Labute approximate surface area is 168 Å². The molecule has 0 unspecified atom stereocenters. The average molecular weight is 412 g/mol. The third-order valence-corrected chi connectivity index (χ3v) is 6.35. The van der Waals surface area contributed by atoms with E-state index in [0.29, 0.717) is 22.7 Å². The molecule has 2 aromatic heterocycles. The van der Waals surface area contributed by atoms with Gasteiger partial charge >= 0.3 is 0 Å². The van der Waals surface area contributed by atoms with Crippen molar-refractivity contribution in [3.05, 3.63) is 54.4 Å². The minimum atomic E-state index is -0.518. The van der Waals surface area contributed by atoms with E-state index < -0.39 is 4.92 Å². The first-order valence-corrected chi connectivity index (χ1v) is 10.0. The lowest BCUT2D eigenvalue weighted by Gasteiger charge is -2.10. The van der Waals surface area contributed by atoms with Crippen LogP contribution in [0.25, 0.3) is 10.2 Å². The number of hydrogen-bond donors (Lipinski definition) is 0. The Balaban J connectivity index is 1.63. The highest BCUT2D eigenvalue weighted by atomic mass is 32.1. The predicted octanol–water partition coefficient (Wildman–Crippen LogP) is 3.16. The Morgan fingerprint density at radius 2 is 2.03 bits per heavy atom. The molecule has 1 aliphatic heterocycles. The van der Waals surface area contributed by atoms with Crippen molar-refractivity contribution in [3.63, 3.8) is 0 Å². The van der Waals surface area contributed by atoms with Crippen LogP contribution in [-0.4, -0.2) is 27.6 Å². The van der Waals surface area contributed by atoms with Crippen LogP contribution in [0.3, 0.4) is 0 Å². The molecule has 9 nitrogen and oxygen atoms in total. The largest absolute Gasteiger partial charge is 0.454 e. The molecule has 0 spiro atoms. The lowest BCUT2D eigenvalue weighted by molar-refractivity contribution is -0.385. The fourth-order valence-electron chi connectivity index (χ4n) is 3.76. The molecule has 0 radical (unpaired) electrons. The second kappa shape index (κ2) is 6.66. The quantitative estimate of drug-likeness (QED) is 0.371. The van der Waals surface area contributed by atoms with E-state index in [-0.39, 0.29) is 23.6 Å². The molecule has 29 heavy (non-hydrogen) atoms. The number of thiophene rings is 1. The summed E-state index contributed by atoms with van der Waals surface area (Å²) in [5, 5.41) is 16.3. The number of nitro groups is 1. The maximum absolute atomic E-state index is 13.1. The number of fused-ring (bicyclic) bond motifs is 4. The summed E-state index contributed by atoms with van der Waals surface area (Å²) in [6, 6.07) is 2.79. The topological polar surface area (TPSA) is 109 Å². The maximum atomic E-state index is 13.1. The third kappa shape index (κ3) is 2.87. The fourth-order valence-corrected chi connectivity index (χ4v) is 5.06. The van der Waals surface area contributed by atoms with Crippen LogP contribution in [0.2, 0.25) is 0 Å². The first-order chi connectivity index (χ1) is 14.0. The van der Waals surface area contributed by atoms with E-state index in [1.807, 2.05) is 0 Å². The van der Waals surface area contributed by atoms with E-state index >= 15 is 0 Å². The number of rotatable bonds is 3. The van der Waals surface area contributed by atoms with Gasteiger partial charge in [0.15, 0.2) is 11.5 Å².